The molecular weight excluding hydrogens is 288 g/mol. The Bertz CT molecular complexity index is 491. The number of cyclic esters (lactones) is 1. The summed E-state index contributed by atoms with van der Waals surface area (Å²) in [6, 6.07) is 0. The van der Waals surface area contributed by atoms with Gasteiger partial charge in [-0.3, -0.25) is 0 Å². The second-order valence-corrected chi connectivity index (χ2v) is 5.68. The summed E-state index contributed by atoms with van der Waals surface area (Å²) in [5.41, 5.74) is 2.90. The number of allylic oxidation sites excluding steroid dienone is 3. The SMILES string of the molecule is C=C(C)C1CC=C(C)CC1.O=C1O[C@H]([C@@H](O)CO)C(O)=C1O. The molecule has 2 rings (SSSR count). The molecule has 0 fully saturated rings. The molecule has 1 heterocycles. The monoisotopic (exact) mass is 312 g/mol. The highest BCUT2D eigenvalue weighted by atomic mass is 16.6. The largest absolute Gasteiger partial charge is 0.505 e. The van der Waals surface area contributed by atoms with Crippen LogP contribution in [-0.4, -0.2) is 45.2 Å². The maximum Gasteiger partial charge on any atom is 0.377 e. The highest BCUT2D eigenvalue weighted by Crippen LogP contribution is 2.27. The zero-order valence-electron chi connectivity index (χ0n) is 13.0. The van der Waals surface area contributed by atoms with Crippen LogP contribution in [0.15, 0.2) is 35.3 Å². The molecule has 0 radical (unpaired) electrons. The first-order valence-electron chi connectivity index (χ1n) is 7.21. The number of aliphatic hydroxyl groups excluding tert-OH is 4. The molecule has 1 aliphatic heterocycles. The third kappa shape index (κ3) is 4.61. The Balaban J connectivity index is 0.000000224. The zero-order valence-corrected chi connectivity index (χ0v) is 13.0. The molecule has 0 aromatic heterocycles. The number of carbonyl (C=O) groups excluding carboxylic acids is 1. The molecule has 3 atom stereocenters. The fourth-order valence-electron chi connectivity index (χ4n) is 2.24. The molecule has 0 saturated carbocycles. The van der Waals surface area contributed by atoms with E-state index in [1.807, 2.05) is 0 Å². The normalized spacial score (nSPS) is 25.8. The quantitative estimate of drug-likeness (QED) is 0.468. The van der Waals surface area contributed by atoms with Gasteiger partial charge in [0.25, 0.3) is 0 Å². The standard InChI is InChI=1S/C10H16.C6H8O6/c1-8(2)10-6-4-9(3)5-7-10;7-1-2(8)5-3(9)4(10)6(11)12-5/h4,10H,1,5-7H2,2-3H3;2,5,7-10H,1H2/t;2-,5+/m.0/s1. The Labute approximate surface area is 130 Å². The van der Waals surface area contributed by atoms with Crippen LogP contribution in [0.1, 0.15) is 33.1 Å². The van der Waals surface area contributed by atoms with Gasteiger partial charge in [0.15, 0.2) is 11.9 Å². The van der Waals surface area contributed by atoms with Crippen LogP contribution < -0.4 is 0 Å². The molecule has 0 aromatic rings. The molecule has 0 aromatic carbocycles. The van der Waals surface area contributed by atoms with E-state index >= 15 is 0 Å². The molecule has 0 amide bonds. The van der Waals surface area contributed by atoms with E-state index in [9.17, 15) is 4.79 Å². The van der Waals surface area contributed by atoms with Crippen molar-refractivity contribution in [2.75, 3.05) is 6.61 Å². The lowest BCUT2D eigenvalue weighted by Gasteiger charge is -2.19. The van der Waals surface area contributed by atoms with Crippen LogP contribution in [0.5, 0.6) is 0 Å². The molecule has 6 nitrogen and oxygen atoms in total. The van der Waals surface area contributed by atoms with Gasteiger partial charge in [-0.2, -0.15) is 0 Å². The van der Waals surface area contributed by atoms with Gasteiger partial charge in [-0.1, -0.05) is 23.8 Å². The fourth-order valence-corrected chi connectivity index (χ4v) is 2.24. The van der Waals surface area contributed by atoms with E-state index in [4.69, 9.17) is 20.4 Å². The summed E-state index contributed by atoms with van der Waals surface area (Å²) in [7, 11) is 0. The first-order valence-corrected chi connectivity index (χ1v) is 7.21. The highest BCUT2D eigenvalue weighted by molar-refractivity contribution is 5.89. The molecular formula is C16H24O6. The van der Waals surface area contributed by atoms with Crippen molar-refractivity contribution in [1.82, 2.24) is 0 Å². The van der Waals surface area contributed by atoms with Crippen LogP contribution in [-0.2, 0) is 9.53 Å². The number of hydrogen-bond acceptors (Lipinski definition) is 6. The first-order chi connectivity index (χ1) is 10.3. The Hall–Kier alpha value is -1.79. The molecule has 22 heavy (non-hydrogen) atoms. The summed E-state index contributed by atoms with van der Waals surface area (Å²) in [4.78, 5) is 10.5. The Kier molecular flexibility index (Phi) is 6.64. The summed E-state index contributed by atoms with van der Waals surface area (Å²) in [6.07, 6.45) is 3.39. The van der Waals surface area contributed by atoms with Gasteiger partial charge in [0.2, 0.25) is 5.76 Å². The first kappa shape index (κ1) is 18.3. The maximum atomic E-state index is 10.5. The predicted octanol–water partition coefficient (Wildman–Crippen LogP) is 1.90. The summed E-state index contributed by atoms with van der Waals surface area (Å²) < 4.78 is 4.32. The smallest absolute Gasteiger partial charge is 0.377 e. The van der Waals surface area contributed by atoms with E-state index in [1.54, 1.807) is 5.57 Å². The van der Waals surface area contributed by atoms with E-state index < -0.39 is 36.3 Å². The highest BCUT2D eigenvalue weighted by Gasteiger charge is 2.38. The van der Waals surface area contributed by atoms with Crippen LogP contribution >= 0.6 is 0 Å². The van der Waals surface area contributed by atoms with E-state index in [0.29, 0.717) is 0 Å². The van der Waals surface area contributed by atoms with Crippen molar-refractivity contribution in [2.45, 2.75) is 45.3 Å². The molecule has 124 valence electrons. The molecule has 0 bridgehead atoms. The van der Waals surface area contributed by atoms with Crippen LogP contribution in [0.25, 0.3) is 0 Å². The van der Waals surface area contributed by atoms with Crippen molar-refractivity contribution in [3.8, 4) is 0 Å². The summed E-state index contributed by atoms with van der Waals surface area (Å²) in [5.74, 6) is -2.01. The summed E-state index contributed by atoms with van der Waals surface area (Å²) >= 11 is 0. The van der Waals surface area contributed by atoms with E-state index in [0.717, 1.165) is 5.92 Å². The lowest BCUT2D eigenvalue weighted by molar-refractivity contribution is -0.147. The topological polar surface area (TPSA) is 107 Å². The van der Waals surface area contributed by atoms with Crippen molar-refractivity contribution >= 4 is 5.97 Å². The van der Waals surface area contributed by atoms with Crippen molar-refractivity contribution in [1.29, 1.82) is 0 Å². The number of aliphatic hydroxyl groups is 4. The molecule has 6 heteroatoms. The Morgan fingerprint density at radius 2 is 2.14 bits per heavy atom. The van der Waals surface area contributed by atoms with Gasteiger partial charge in [-0.05, 0) is 39.0 Å². The van der Waals surface area contributed by atoms with Crippen molar-refractivity contribution < 1.29 is 30.0 Å². The fraction of sp³-hybridized carbons (Fsp3) is 0.562. The van der Waals surface area contributed by atoms with Gasteiger partial charge >= 0.3 is 5.97 Å². The number of rotatable bonds is 3. The third-order valence-corrected chi connectivity index (χ3v) is 3.81. The molecule has 0 spiro atoms. The number of esters is 1. The van der Waals surface area contributed by atoms with Crippen LogP contribution in [0.4, 0.5) is 0 Å². The van der Waals surface area contributed by atoms with Crippen molar-refractivity contribution in [3.05, 3.63) is 35.3 Å². The van der Waals surface area contributed by atoms with Gasteiger partial charge in [0.1, 0.15) is 6.10 Å². The average Bonchev–Trinajstić information content (AvgIpc) is 2.75. The molecule has 0 saturated heterocycles. The average molecular weight is 312 g/mol. The van der Waals surface area contributed by atoms with E-state index in [-0.39, 0.29) is 0 Å². The van der Waals surface area contributed by atoms with Gasteiger partial charge in [0.05, 0.1) is 6.61 Å². The number of hydrogen-bond donors (Lipinski definition) is 4. The minimum atomic E-state index is -1.42. The van der Waals surface area contributed by atoms with Crippen LogP contribution in [0, 0.1) is 5.92 Å². The predicted molar refractivity (Wildman–Crippen MR) is 81.2 cm³/mol. The Morgan fingerprint density at radius 1 is 1.50 bits per heavy atom. The van der Waals surface area contributed by atoms with Gasteiger partial charge in [-0.25, -0.2) is 4.79 Å². The molecule has 4 N–H and O–H groups in total. The van der Waals surface area contributed by atoms with Crippen molar-refractivity contribution in [2.24, 2.45) is 5.92 Å². The van der Waals surface area contributed by atoms with Gasteiger partial charge in [-0.15, -0.1) is 0 Å². The molecule has 1 aliphatic carbocycles. The van der Waals surface area contributed by atoms with Crippen molar-refractivity contribution in [3.63, 3.8) is 0 Å². The van der Waals surface area contributed by atoms with E-state index in [1.165, 1.54) is 24.8 Å². The maximum absolute atomic E-state index is 10.5. The second kappa shape index (κ2) is 8.00. The third-order valence-electron chi connectivity index (χ3n) is 3.81. The number of carbonyl (C=O) groups is 1. The molecule has 2 aliphatic rings. The van der Waals surface area contributed by atoms with Crippen LogP contribution in [0.3, 0.4) is 0 Å². The van der Waals surface area contributed by atoms with Gasteiger partial charge in [0, 0.05) is 0 Å². The van der Waals surface area contributed by atoms with E-state index in [2.05, 4.69) is 31.2 Å². The second-order valence-electron chi connectivity index (χ2n) is 5.68. The minimum Gasteiger partial charge on any atom is -0.505 e. The van der Waals surface area contributed by atoms with Crippen LogP contribution in [0.2, 0.25) is 0 Å². The summed E-state index contributed by atoms with van der Waals surface area (Å²) in [5, 5.41) is 35.0. The lowest BCUT2D eigenvalue weighted by atomic mass is 9.86. The minimum absolute atomic E-state index is 0.671. The zero-order chi connectivity index (χ0) is 16.9. The molecule has 1 unspecified atom stereocenters. The van der Waals surface area contributed by atoms with Gasteiger partial charge < -0.3 is 25.2 Å². The number of ether oxygens (including phenoxy) is 1. The summed E-state index contributed by atoms with van der Waals surface area (Å²) in [6.45, 7) is 7.66. The Morgan fingerprint density at radius 3 is 2.50 bits per heavy atom. The lowest BCUT2D eigenvalue weighted by Crippen LogP contribution is -2.31.